The van der Waals surface area contributed by atoms with Gasteiger partial charge in [0.1, 0.15) is 23.1 Å². The summed E-state index contributed by atoms with van der Waals surface area (Å²) in [4.78, 5) is 47.1. The molecule has 13 heteroatoms. The molecule has 0 aliphatic carbocycles. The molecule has 46 heavy (non-hydrogen) atoms. The van der Waals surface area contributed by atoms with Gasteiger partial charge in [-0.05, 0) is 49.7 Å². The number of rotatable bonds is 12. The molecular formula is C33H34FN4O7P. The molecule has 2 heterocycles. The van der Waals surface area contributed by atoms with Crippen LogP contribution in [0.15, 0.2) is 72.9 Å². The van der Waals surface area contributed by atoms with Crippen LogP contribution in [0.25, 0.3) is 10.9 Å². The summed E-state index contributed by atoms with van der Waals surface area (Å²) in [5, 5.41) is 14.3. The van der Waals surface area contributed by atoms with Crippen molar-refractivity contribution < 1.29 is 37.7 Å². The quantitative estimate of drug-likeness (QED) is 0.158. The normalized spacial score (nSPS) is 14.4. The summed E-state index contributed by atoms with van der Waals surface area (Å²) in [5.74, 6) is -1.99. The predicted molar refractivity (Wildman–Crippen MR) is 169 cm³/mol. The standard InChI is InChI=1S/C33H34FN4O7P/c1-4-44-33(42)21(2)36-46(43,45-24-9-6-5-7-10-24)18-17-37(3)31(40)27-25-11-8-16-35-29(25)30(39)28-26(27)20-38(32(28)41)19-22-12-14-23(34)15-13-22/h5-16,21,39H,4,17-20H2,1-3H3,(H,36,43)/t21-,46?/m0/s1. The minimum absolute atomic E-state index is 0.0203. The van der Waals surface area contributed by atoms with E-state index in [4.69, 9.17) is 9.26 Å². The van der Waals surface area contributed by atoms with E-state index in [9.17, 15) is 28.4 Å². The molecule has 1 aliphatic rings. The number of hydrogen-bond acceptors (Lipinski definition) is 8. The monoisotopic (exact) mass is 648 g/mol. The van der Waals surface area contributed by atoms with Crippen LogP contribution in [-0.2, 0) is 27.2 Å². The molecule has 2 N–H and O–H groups in total. The first kappa shape index (κ1) is 32.6. The third-order valence-electron chi connectivity index (χ3n) is 7.60. The number of phenols is 1. The second-order valence-corrected chi connectivity index (χ2v) is 13.1. The first-order valence-electron chi connectivity index (χ1n) is 14.7. The number of aromatic hydroxyl groups is 1. The summed E-state index contributed by atoms with van der Waals surface area (Å²) in [6.45, 7) is 3.42. The number of hydrogen-bond donors (Lipinski definition) is 2. The number of para-hydroxylation sites is 1. The molecular weight excluding hydrogens is 614 g/mol. The number of phenolic OH excluding ortho intramolecular Hbond substituents is 1. The third-order valence-corrected chi connectivity index (χ3v) is 9.67. The van der Waals surface area contributed by atoms with Crippen molar-refractivity contribution in [2.75, 3.05) is 26.4 Å². The van der Waals surface area contributed by atoms with Gasteiger partial charge in [0.2, 0.25) is 0 Å². The lowest BCUT2D eigenvalue weighted by atomic mass is 9.95. The van der Waals surface area contributed by atoms with Crippen molar-refractivity contribution >= 4 is 36.2 Å². The number of fused-ring (bicyclic) bond motifs is 2. The fraction of sp³-hybridized carbons (Fsp3) is 0.273. The molecule has 3 aromatic carbocycles. The second kappa shape index (κ2) is 13.7. The van der Waals surface area contributed by atoms with Crippen molar-refractivity contribution in [3.63, 3.8) is 0 Å². The smallest absolute Gasteiger partial charge is 0.323 e. The van der Waals surface area contributed by atoms with Gasteiger partial charge in [-0.2, -0.15) is 0 Å². The maximum Gasteiger partial charge on any atom is 0.323 e. The largest absolute Gasteiger partial charge is 0.505 e. The van der Waals surface area contributed by atoms with Crippen molar-refractivity contribution in [2.45, 2.75) is 33.0 Å². The Kier molecular flexibility index (Phi) is 9.69. The number of benzene rings is 3. The fourth-order valence-electron chi connectivity index (χ4n) is 5.31. The van der Waals surface area contributed by atoms with Crippen LogP contribution in [-0.4, -0.2) is 70.1 Å². The molecule has 1 aliphatic heterocycles. The van der Waals surface area contributed by atoms with Crippen LogP contribution >= 0.6 is 7.52 Å². The van der Waals surface area contributed by atoms with E-state index in [1.165, 1.54) is 42.1 Å². The van der Waals surface area contributed by atoms with Gasteiger partial charge in [0.25, 0.3) is 11.8 Å². The maximum atomic E-state index is 14.1. The van der Waals surface area contributed by atoms with Crippen LogP contribution in [0.4, 0.5) is 4.39 Å². The molecule has 240 valence electrons. The Labute approximate surface area is 265 Å². The highest BCUT2D eigenvalue weighted by Crippen LogP contribution is 2.44. The van der Waals surface area contributed by atoms with E-state index in [0.717, 1.165) is 0 Å². The van der Waals surface area contributed by atoms with Crippen molar-refractivity contribution in [3.05, 3.63) is 101 Å². The summed E-state index contributed by atoms with van der Waals surface area (Å²) in [6, 6.07) is 16.5. The number of pyridine rings is 1. The molecule has 1 unspecified atom stereocenters. The average Bonchev–Trinajstić information content (AvgIpc) is 3.36. The molecule has 4 aromatic rings. The van der Waals surface area contributed by atoms with Gasteiger partial charge in [0.05, 0.1) is 23.9 Å². The Hall–Kier alpha value is -4.80. The summed E-state index contributed by atoms with van der Waals surface area (Å²) < 4.78 is 38.5. The molecule has 2 amide bonds. The Morgan fingerprint density at radius 2 is 1.85 bits per heavy atom. The second-order valence-electron chi connectivity index (χ2n) is 10.9. The molecule has 0 spiro atoms. The topological polar surface area (TPSA) is 138 Å². The molecule has 0 saturated heterocycles. The van der Waals surface area contributed by atoms with Crippen LogP contribution in [0.1, 0.15) is 45.7 Å². The van der Waals surface area contributed by atoms with Gasteiger partial charge in [0.15, 0.2) is 5.75 Å². The minimum Gasteiger partial charge on any atom is -0.505 e. The molecule has 0 radical (unpaired) electrons. The summed E-state index contributed by atoms with van der Waals surface area (Å²) in [5.41, 5.74) is 1.26. The van der Waals surface area contributed by atoms with E-state index in [0.29, 0.717) is 22.3 Å². The van der Waals surface area contributed by atoms with E-state index in [1.54, 1.807) is 61.5 Å². The van der Waals surface area contributed by atoms with Crippen molar-refractivity contribution in [2.24, 2.45) is 0 Å². The van der Waals surface area contributed by atoms with Gasteiger partial charge in [-0.15, -0.1) is 0 Å². The number of ether oxygens (including phenoxy) is 1. The van der Waals surface area contributed by atoms with Gasteiger partial charge >= 0.3 is 13.5 Å². The molecule has 1 aromatic heterocycles. The van der Waals surface area contributed by atoms with Crippen LogP contribution in [0, 0.1) is 5.82 Å². The number of aromatic nitrogens is 1. The zero-order valence-electron chi connectivity index (χ0n) is 25.6. The molecule has 0 fully saturated rings. The van der Waals surface area contributed by atoms with Crippen molar-refractivity contribution in [1.82, 2.24) is 19.9 Å². The Balaban J connectivity index is 1.44. The number of nitrogens with one attached hydrogen (secondary N) is 1. The van der Waals surface area contributed by atoms with Crippen LogP contribution in [0.3, 0.4) is 0 Å². The SMILES string of the molecule is CCOC(=O)[C@H](C)NP(=O)(CCN(C)C(=O)c1c2c(c(O)c3ncccc13)C(=O)N(Cc1ccc(F)cc1)C2)Oc1ccccc1. The van der Waals surface area contributed by atoms with Crippen molar-refractivity contribution in [1.29, 1.82) is 0 Å². The van der Waals surface area contributed by atoms with Crippen LogP contribution in [0.2, 0.25) is 0 Å². The molecule has 11 nitrogen and oxygen atoms in total. The highest BCUT2D eigenvalue weighted by Gasteiger charge is 2.38. The summed E-state index contributed by atoms with van der Waals surface area (Å²) in [7, 11) is -2.25. The molecule has 0 bridgehead atoms. The zero-order valence-corrected chi connectivity index (χ0v) is 26.5. The van der Waals surface area contributed by atoms with Gasteiger partial charge in [-0.1, -0.05) is 36.4 Å². The number of halogens is 1. The zero-order chi connectivity index (χ0) is 33.0. The first-order valence-corrected chi connectivity index (χ1v) is 16.5. The lowest BCUT2D eigenvalue weighted by Crippen LogP contribution is -2.37. The Morgan fingerprint density at radius 3 is 2.54 bits per heavy atom. The number of amides is 2. The van der Waals surface area contributed by atoms with Gasteiger partial charge in [-0.25, -0.2) is 9.48 Å². The van der Waals surface area contributed by atoms with E-state index in [1.807, 2.05) is 0 Å². The molecule has 5 rings (SSSR count). The Bertz CT molecular complexity index is 1820. The van der Waals surface area contributed by atoms with Gasteiger partial charge < -0.3 is 24.2 Å². The van der Waals surface area contributed by atoms with E-state index in [2.05, 4.69) is 10.1 Å². The van der Waals surface area contributed by atoms with E-state index < -0.39 is 37.2 Å². The molecule has 0 saturated carbocycles. The first-order chi connectivity index (χ1) is 22.0. The number of carbonyl (C=O) groups is 3. The van der Waals surface area contributed by atoms with Crippen LogP contribution < -0.4 is 9.61 Å². The van der Waals surface area contributed by atoms with E-state index in [-0.39, 0.29) is 54.8 Å². The maximum absolute atomic E-state index is 14.1. The number of nitrogens with zero attached hydrogens (tertiary/aromatic N) is 3. The minimum atomic E-state index is -3.78. The number of carbonyl (C=O) groups excluding carboxylic acids is 3. The van der Waals surface area contributed by atoms with Crippen LogP contribution in [0.5, 0.6) is 11.5 Å². The lowest BCUT2D eigenvalue weighted by molar-refractivity contribution is -0.144. The van der Waals surface area contributed by atoms with Gasteiger partial charge in [0, 0.05) is 43.8 Å². The Morgan fingerprint density at radius 1 is 1.13 bits per heavy atom. The highest BCUT2D eigenvalue weighted by molar-refractivity contribution is 7.57. The predicted octanol–water partition coefficient (Wildman–Crippen LogP) is 5.12. The third kappa shape index (κ3) is 6.88. The molecule has 2 atom stereocenters. The van der Waals surface area contributed by atoms with Crippen molar-refractivity contribution in [3.8, 4) is 11.5 Å². The summed E-state index contributed by atoms with van der Waals surface area (Å²) in [6.07, 6.45) is 1.29. The van der Waals surface area contributed by atoms with E-state index >= 15 is 0 Å². The highest BCUT2D eigenvalue weighted by atomic mass is 31.2. The fourth-order valence-corrected chi connectivity index (χ4v) is 7.31. The lowest BCUT2D eigenvalue weighted by Gasteiger charge is -2.26. The van der Waals surface area contributed by atoms with Gasteiger partial charge in [-0.3, -0.25) is 23.9 Å². The number of esters is 1. The summed E-state index contributed by atoms with van der Waals surface area (Å²) >= 11 is 0. The average molecular weight is 649 g/mol.